The van der Waals surface area contributed by atoms with Gasteiger partial charge in [0.15, 0.2) is 0 Å². The molecule has 0 radical (unpaired) electrons. The van der Waals surface area contributed by atoms with Crippen LogP contribution in [0.25, 0.3) is 41.6 Å². The van der Waals surface area contributed by atoms with Crippen LogP contribution in [0.2, 0.25) is 0 Å². The summed E-state index contributed by atoms with van der Waals surface area (Å²) >= 11 is 8.21. The van der Waals surface area contributed by atoms with E-state index in [9.17, 15) is 38.6 Å². The molecule has 9 rings (SSSR count). The molecule has 6 aromatic carbocycles. The summed E-state index contributed by atoms with van der Waals surface area (Å²) < 4.78 is 67.3. The van der Waals surface area contributed by atoms with Crippen LogP contribution in [0.15, 0.2) is 121 Å². The number of fused-ring (bicyclic) bond motifs is 2. The zero-order valence-electron chi connectivity index (χ0n) is 45.0. The number of nitro groups is 2. The van der Waals surface area contributed by atoms with Crippen LogP contribution in [0.4, 0.5) is 31.5 Å². The van der Waals surface area contributed by atoms with Crippen molar-refractivity contribution in [2.24, 2.45) is 0 Å². The molecule has 3 heterocycles. The van der Waals surface area contributed by atoms with Gasteiger partial charge in [0.1, 0.15) is 34.7 Å². The molecule has 24 heteroatoms. The molecule has 0 spiro atoms. The summed E-state index contributed by atoms with van der Waals surface area (Å²) in [5, 5.41) is 24.8. The monoisotopic (exact) mass is 1190 g/mol. The van der Waals surface area contributed by atoms with Gasteiger partial charge in [-0.05, 0) is 110 Å². The third kappa shape index (κ3) is 20.1. The molecule has 1 aliphatic heterocycles. The Bertz CT molecular complexity index is 3290. The number of anilines is 2. The first kappa shape index (κ1) is 63.6. The van der Waals surface area contributed by atoms with Crippen molar-refractivity contribution < 1.29 is 61.4 Å². The Hall–Kier alpha value is -7.61. The number of amides is 1. The number of nitrogens with zero attached hydrogens (tertiary/aromatic N) is 4. The van der Waals surface area contributed by atoms with Gasteiger partial charge in [-0.25, -0.2) is 9.97 Å². The molecule has 1 amide bonds. The highest BCUT2D eigenvalue weighted by molar-refractivity contribution is 7.22. The van der Waals surface area contributed by atoms with Gasteiger partial charge in [0.25, 0.3) is 11.1 Å². The van der Waals surface area contributed by atoms with Gasteiger partial charge in [-0.3, -0.25) is 29.8 Å². The smallest absolute Gasteiger partial charge is 0.305 e. The molecule has 1 saturated heterocycles. The first-order valence-corrected chi connectivity index (χ1v) is 28.1. The number of nitrogen functional groups attached to an aromatic ring is 1. The second-order valence-corrected chi connectivity index (χ2v) is 19.9. The third-order valence-electron chi connectivity index (χ3n) is 11.3. The fraction of sp³-hybridized carbons (Fsp3) is 0.310. The van der Waals surface area contributed by atoms with E-state index in [1.807, 2.05) is 67.6 Å². The summed E-state index contributed by atoms with van der Waals surface area (Å²) in [7, 11) is 0. The Balaban J connectivity index is 0.000000209. The summed E-state index contributed by atoms with van der Waals surface area (Å²) in [5.74, 6) is -1.41. The molecule has 8 aromatic rings. The van der Waals surface area contributed by atoms with Gasteiger partial charge in [-0.15, -0.1) is 22.7 Å². The minimum absolute atomic E-state index is 0.0468. The molecule has 1 aliphatic rings. The summed E-state index contributed by atoms with van der Waals surface area (Å²) in [6, 6.07) is 32.4. The van der Waals surface area contributed by atoms with E-state index in [2.05, 4.69) is 18.3 Å². The van der Waals surface area contributed by atoms with E-state index in [0.717, 1.165) is 110 Å². The Morgan fingerprint density at radius 2 is 1.06 bits per heavy atom. The lowest BCUT2D eigenvalue weighted by Crippen LogP contribution is -2.13. The van der Waals surface area contributed by atoms with E-state index in [-0.39, 0.29) is 17.7 Å². The van der Waals surface area contributed by atoms with Crippen molar-refractivity contribution in [1.29, 1.82) is 0 Å². The molecule has 0 bridgehead atoms. The highest BCUT2D eigenvalue weighted by Gasteiger charge is 2.20. The van der Waals surface area contributed by atoms with Crippen molar-refractivity contribution >= 4 is 88.6 Å². The normalized spacial score (nSPS) is 11.6. The second-order valence-electron chi connectivity index (χ2n) is 17.5. The minimum atomic E-state index is -1.01. The largest absolute Gasteiger partial charge is 0.490 e. The Labute approximate surface area is 484 Å². The van der Waals surface area contributed by atoms with Crippen molar-refractivity contribution in [3.8, 4) is 32.6 Å². The number of aromatic nitrogens is 2. The molecule has 0 aliphatic carbocycles. The van der Waals surface area contributed by atoms with Crippen molar-refractivity contribution in [2.45, 2.75) is 39.5 Å². The second kappa shape index (κ2) is 34.0. The van der Waals surface area contributed by atoms with Crippen LogP contribution in [-0.2, 0) is 23.7 Å². The SMILES string of the molecule is C1CCOC1.CCCOCCOCCOc1cc(N)ccc1-c1nc2ccccc2s1.CCCOCCOCCOc1cc(NC(=O)c2ccc(F)c([N+](=O)[O-])c2)ccc1-c1nc2ccccc2s1.O=C(Cl)c1ccc(F)c([N+](=O)[O-])c1. The number of benzene rings is 6. The Morgan fingerprint density at radius 3 is 1.52 bits per heavy atom. The third-order valence-corrected chi connectivity index (χ3v) is 13.7. The number of carbonyl (C=O) groups excluding carboxylic acids is 2. The van der Waals surface area contributed by atoms with E-state index in [4.69, 9.17) is 60.5 Å². The number of halogens is 3. The predicted octanol–water partition coefficient (Wildman–Crippen LogP) is 13.4. The average molecular weight is 1190 g/mol. The number of thiazole rings is 2. The predicted molar refractivity (Wildman–Crippen MR) is 314 cm³/mol. The van der Waals surface area contributed by atoms with Crippen LogP contribution in [-0.4, -0.2) is 110 Å². The van der Waals surface area contributed by atoms with E-state index < -0.39 is 44.0 Å². The highest BCUT2D eigenvalue weighted by Crippen LogP contribution is 2.39. The molecular formula is C58H61ClF2N6O13S2. The summed E-state index contributed by atoms with van der Waals surface area (Å²) in [4.78, 5) is 52.2. The van der Waals surface area contributed by atoms with E-state index in [1.54, 1.807) is 29.5 Å². The van der Waals surface area contributed by atoms with Gasteiger partial charge >= 0.3 is 11.4 Å². The standard InChI is InChI=1S/C27H26FN3O6S.C20H24N2O3S.C7H3ClFNO3.C4H8O/c1-2-11-35-12-13-36-14-15-37-24-17-19(29-26(32)18-7-10-21(28)23(16-18)31(33)34)8-9-20(24)27-30-22-5-3-4-6-25(22)38-27;1-2-9-23-10-11-24-12-13-25-18-14-15(21)7-8-16(18)20-22-17-5-3-4-6-19(17)26-20;8-7(11)4-1-2-5(9)6(3-4)10(12)13;1-2-4-5-3-1/h3-10,16-17H,2,11-15H2,1H3,(H,29,32);3-8,14H,2,9-13,21H2,1H3;1-3H;1-4H2. The maximum atomic E-state index is 13.7. The minimum Gasteiger partial charge on any atom is -0.490 e. The van der Waals surface area contributed by atoms with Crippen LogP contribution in [0.5, 0.6) is 11.5 Å². The molecule has 3 N–H and O–H groups in total. The van der Waals surface area contributed by atoms with E-state index >= 15 is 0 Å². The lowest BCUT2D eigenvalue weighted by atomic mass is 10.1. The number of carbonyl (C=O) groups is 2. The van der Waals surface area contributed by atoms with Crippen molar-refractivity contribution in [3.05, 3.63) is 164 Å². The molecule has 0 saturated carbocycles. The number of nitrogens with two attached hydrogens (primary N) is 1. The maximum Gasteiger partial charge on any atom is 0.305 e. The molecule has 2 aromatic heterocycles. The first-order chi connectivity index (χ1) is 39.8. The summed E-state index contributed by atoms with van der Waals surface area (Å²) in [5.41, 5.74) is 8.87. The summed E-state index contributed by atoms with van der Waals surface area (Å²) in [6.45, 7) is 11.3. The zero-order valence-corrected chi connectivity index (χ0v) is 47.4. The van der Waals surface area contributed by atoms with Crippen LogP contribution in [0.1, 0.15) is 60.2 Å². The lowest BCUT2D eigenvalue weighted by Gasteiger charge is -2.13. The van der Waals surface area contributed by atoms with Gasteiger partial charge < -0.3 is 44.2 Å². The Kier molecular flexibility index (Phi) is 26.3. The van der Waals surface area contributed by atoms with Gasteiger partial charge in [0, 0.05) is 73.2 Å². The topological polar surface area (TPSA) is 249 Å². The van der Waals surface area contributed by atoms with Gasteiger partial charge in [0.2, 0.25) is 11.6 Å². The van der Waals surface area contributed by atoms with Crippen molar-refractivity contribution in [1.82, 2.24) is 9.97 Å². The molecule has 1 fully saturated rings. The molecule has 0 atom stereocenters. The number of ether oxygens (including phenoxy) is 7. The van der Waals surface area contributed by atoms with Crippen LogP contribution >= 0.6 is 34.3 Å². The molecule has 434 valence electrons. The van der Waals surface area contributed by atoms with Crippen molar-refractivity contribution in [2.75, 3.05) is 90.3 Å². The number of rotatable bonds is 25. The highest BCUT2D eigenvalue weighted by atomic mass is 35.5. The number of nitro benzene ring substituents is 2. The Morgan fingerprint density at radius 1 is 0.610 bits per heavy atom. The summed E-state index contributed by atoms with van der Waals surface area (Å²) in [6.07, 6.45) is 4.52. The number of nitrogens with one attached hydrogen (secondary N) is 1. The average Bonchev–Trinajstić information content (AvgIpc) is 4.48. The zero-order chi connectivity index (χ0) is 58.6. The number of hydrogen-bond donors (Lipinski definition) is 2. The molecule has 0 unspecified atom stereocenters. The van der Waals surface area contributed by atoms with Crippen molar-refractivity contribution in [3.63, 3.8) is 0 Å². The van der Waals surface area contributed by atoms with Gasteiger partial charge in [0.05, 0.1) is 81.0 Å². The lowest BCUT2D eigenvalue weighted by molar-refractivity contribution is -0.387. The van der Waals surface area contributed by atoms with Crippen LogP contribution in [0, 0.1) is 31.9 Å². The first-order valence-electron chi connectivity index (χ1n) is 26.0. The van der Waals surface area contributed by atoms with E-state index in [1.165, 1.54) is 30.2 Å². The van der Waals surface area contributed by atoms with Gasteiger partial charge in [-0.2, -0.15) is 8.78 Å². The fourth-order valence-electron chi connectivity index (χ4n) is 7.34. The fourth-order valence-corrected chi connectivity index (χ4v) is 9.45. The maximum absolute atomic E-state index is 13.7. The number of hydrogen-bond acceptors (Lipinski definition) is 18. The molecule has 19 nitrogen and oxygen atoms in total. The van der Waals surface area contributed by atoms with Crippen LogP contribution < -0.4 is 20.5 Å². The van der Waals surface area contributed by atoms with Crippen LogP contribution in [0.3, 0.4) is 0 Å². The molecule has 82 heavy (non-hydrogen) atoms. The van der Waals surface area contributed by atoms with Gasteiger partial charge in [-0.1, -0.05) is 38.1 Å². The molecular weight excluding hydrogens is 1130 g/mol. The quantitative estimate of drug-likeness (QED) is 0.0177. The number of para-hydroxylation sites is 2. The van der Waals surface area contributed by atoms with E-state index in [0.29, 0.717) is 70.0 Å².